The predicted molar refractivity (Wildman–Crippen MR) is 68.4 cm³/mol. The molecule has 2 atom stereocenters. The highest BCUT2D eigenvalue weighted by atomic mass is 16.5. The average molecular weight is 224 g/mol. The third-order valence-corrected chi connectivity index (χ3v) is 5.41. The van der Waals surface area contributed by atoms with Crippen LogP contribution in [0.1, 0.15) is 59.8 Å². The van der Waals surface area contributed by atoms with Gasteiger partial charge in [-0.25, -0.2) is 0 Å². The highest BCUT2D eigenvalue weighted by Crippen LogP contribution is 2.54. The van der Waals surface area contributed by atoms with Crippen molar-refractivity contribution < 1.29 is 4.74 Å². The first-order chi connectivity index (χ1) is 7.59. The maximum absolute atomic E-state index is 6.04. The summed E-state index contributed by atoms with van der Waals surface area (Å²) in [5.74, 6) is 2.42. The molecule has 0 bridgehead atoms. The molecule has 2 aliphatic rings. The zero-order valence-corrected chi connectivity index (χ0v) is 11.5. The first-order valence-corrected chi connectivity index (χ1v) is 7.20. The molecule has 0 aromatic carbocycles. The number of fused-ring (bicyclic) bond motifs is 1. The summed E-state index contributed by atoms with van der Waals surface area (Å²) in [6.07, 6.45) is 7.38. The third kappa shape index (κ3) is 1.81. The van der Waals surface area contributed by atoms with E-state index in [2.05, 4.69) is 27.7 Å². The highest BCUT2D eigenvalue weighted by molar-refractivity contribution is 4.98. The Balaban J connectivity index is 2.27. The molecule has 1 saturated heterocycles. The Kier molecular flexibility index (Phi) is 3.63. The fraction of sp³-hybridized carbons (Fsp3) is 1.00. The molecule has 0 spiro atoms. The lowest BCUT2D eigenvalue weighted by Crippen LogP contribution is -2.52. The second-order valence-corrected chi connectivity index (χ2v) is 6.47. The normalized spacial score (nSPS) is 34.1. The second-order valence-electron chi connectivity index (χ2n) is 6.47. The molecule has 0 aromatic rings. The summed E-state index contributed by atoms with van der Waals surface area (Å²) in [6, 6.07) is 0. The van der Waals surface area contributed by atoms with Crippen molar-refractivity contribution >= 4 is 0 Å². The molecule has 2 rings (SSSR count). The molecule has 1 aliphatic carbocycles. The molecule has 0 N–H and O–H groups in total. The molecule has 1 nitrogen and oxygen atoms in total. The van der Waals surface area contributed by atoms with E-state index in [0.29, 0.717) is 11.5 Å². The van der Waals surface area contributed by atoms with Crippen LogP contribution in [0, 0.1) is 23.2 Å². The van der Waals surface area contributed by atoms with E-state index in [0.717, 1.165) is 24.4 Å². The van der Waals surface area contributed by atoms with Gasteiger partial charge in [-0.05, 0) is 42.4 Å². The van der Waals surface area contributed by atoms with E-state index < -0.39 is 0 Å². The lowest BCUT2D eigenvalue weighted by molar-refractivity contribution is -0.155. The molecule has 1 saturated carbocycles. The van der Waals surface area contributed by atoms with E-state index in [9.17, 15) is 0 Å². The van der Waals surface area contributed by atoms with Crippen molar-refractivity contribution in [1.29, 1.82) is 0 Å². The van der Waals surface area contributed by atoms with Gasteiger partial charge in [-0.15, -0.1) is 0 Å². The van der Waals surface area contributed by atoms with Gasteiger partial charge in [0.1, 0.15) is 0 Å². The smallest absolute Gasteiger partial charge is 0.0608 e. The molecule has 1 aliphatic heterocycles. The Morgan fingerprint density at radius 1 is 1.00 bits per heavy atom. The zero-order chi connectivity index (χ0) is 11.8. The first-order valence-electron chi connectivity index (χ1n) is 7.20. The summed E-state index contributed by atoms with van der Waals surface area (Å²) in [5, 5.41) is 0. The minimum Gasteiger partial charge on any atom is -0.378 e. The van der Waals surface area contributed by atoms with Crippen LogP contribution >= 0.6 is 0 Å². The highest BCUT2D eigenvalue weighted by Gasteiger charge is 2.50. The molecule has 94 valence electrons. The monoisotopic (exact) mass is 224 g/mol. The molecule has 1 heterocycles. The van der Waals surface area contributed by atoms with E-state index in [4.69, 9.17) is 4.74 Å². The van der Waals surface area contributed by atoms with Gasteiger partial charge in [0.05, 0.1) is 6.10 Å². The Morgan fingerprint density at radius 3 is 2.25 bits per heavy atom. The van der Waals surface area contributed by atoms with Gasteiger partial charge in [0, 0.05) is 6.61 Å². The Bertz CT molecular complexity index is 222. The summed E-state index contributed by atoms with van der Waals surface area (Å²) in [5.41, 5.74) is 0.545. The average Bonchev–Trinajstić information content (AvgIpc) is 2.27. The van der Waals surface area contributed by atoms with Gasteiger partial charge in [-0.3, -0.25) is 0 Å². The van der Waals surface area contributed by atoms with Crippen LogP contribution in [0.15, 0.2) is 0 Å². The maximum Gasteiger partial charge on any atom is 0.0608 e. The number of hydrogen-bond donors (Lipinski definition) is 0. The third-order valence-electron chi connectivity index (χ3n) is 5.41. The Labute approximate surface area is 101 Å². The van der Waals surface area contributed by atoms with Crippen molar-refractivity contribution in [2.75, 3.05) is 6.61 Å². The van der Waals surface area contributed by atoms with E-state index in [-0.39, 0.29) is 0 Å². The predicted octanol–water partition coefficient (Wildman–Crippen LogP) is 4.26. The maximum atomic E-state index is 6.04. The minimum absolute atomic E-state index is 0.545. The van der Waals surface area contributed by atoms with Crippen LogP contribution < -0.4 is 0 Å². The summed E-state index contributed by atoms with van der Waals surface area (Å²) < 4.78 is 6.04. The van der Waals surface area contributed by atoms with E-state index >= 15 is 0 Å². The van der Waals surface area contributed by atoms with Crippen LogP contribution in [-0.2, 0) is 4.74 Å². The van der Waals surface area contributed by atoms with Crippen molar-refractivity contribution in [2.24, 2.45) is 23.2 Å². The number of hydrogen-bond acceptors (Lipinski definition) is 1. The number of ether oxygens (including phenoxy) is 1. The SMILES string of the molecule is CC(C)C1(C(C)C)CCOC2CCCCC21. The summed E-state index contributed by atoms with van der Waals surface area (Å²) in [7, 11) is 0. The summed E-state index contributed by atoms with van der Waals surface area (Å²) >= 11 is 0. The molecule has 1 heteroatoms. The van der Waals surface area contributed by atoms with Crippen LogP contribution in [0.2, 0.25) is 0 Å². The van der Waals surface area contributed by atoms with Gasteiger partial charge in [0.15, 0.2) is 0 Å². The van der Waals surface area contributed by atoms with Crippen LogP contribution in [0.3, 0.4) is 0 Å². The molecule has 0 radical (unpaired) electrons. The first kappa shape index (κ1) is 12.4. The van der Waals surface area contributed by atoms with Gasteiger partial charge in [-0.1, -0.05) is 40.5 Å². The van der Waals surface area contributed by atoms with Gasteiger partial charge in [0.25, 0.3) is 0 Å². The summed E-state index contributed by atoms with van der Waals surface area (Å²) in [4.78, 5) is 0. The standard InChI is InChI=1S/C15H28O/c1-11(2)15(12(3)4)9-10-16-14-8-6-5-7-13(14)15/h11-14H,5-10H2,1-4H3. The molecule has 16 heavy (non-hydrogen) atoms. The van der Waals surface area contributed by atoms with E-state index in [1.165, 1.54) is 32.1 Å². The Morgan fingerprint density at radius 2 is 1.62 bits per heavy atom. The van der Waals surface area contributed by atoms with Crippen LogP contribution in [0.4, 0.5) is 0 Å². The van der Waals surface area contributed by atoms with Crippen molar-refractivity contribution in [3.63, 3.8) is 0 Å². The van der Waals surface area contributed by atoms with Crippen LogP contribution in [0.25, 0.3) is 0 Å². The fourth-order valence-corrected chi connectivity index (χ4v) is 4.58. The van der Waals surface area contributed by atoms with Gasteiger partial charge in [-0.2, -0.15) is 0 Å². The van der Waals surface area contributed by atoms with Gasteiger partial charge >= 0.3 is 0 Å². The van der Waals surface area contributed by atoms with Gasteiger partial charge < -0.3 is 4.74 Å². The van der Waals surface area contributed by atoms with Crippen molar-refractivity contribution in [3.8, 4) is 0 Å². The second kappa shape index (κ2) is 4.68. The quantitative estimate of drug-likeness (QED) is 0.681. The number of rotatable bonds is 2. The molecule has 0 aromatic heterocycles. The van der Waals surface area contributed by atoms with Crippen molar-refractivity contribution in [1.82, 2.24) is 0 Å². The fourth-order valence-electron chi connectivity index (χ4n) is 4.58. The van der Waals surface area contributed by atoms with Crippen LogP contribution in [0.5, 0.6) is 0 Å². The molecular formula is C15H28O. The van der Waals surface area contributed by atoms with Crippen LogP contribution in [-0.4, -0.2) is 12.7 Å². The molecular weight excluding hydrogens is 196 g/mol. The zero-order valence-electron chi connectivity index (χ0n) is 11.5. The van der Waals surface area contributed by atoms with Gasteiger partial charge in [0.2, 0.25) is 0 Å². The summed E-state index contributed by atoms with van der Waals surface area (Å²) in [6.45, 7) is 10.7. The van der Waals surface area contributed by atoms with Crippen molar-refractivity contribution in [3.05, 3.63) is 0 Å². The largest absolute Gasteiger partial charge is 0.378 e. The molecule has 0 amide bonds. The van der Waals surface area contributed by atoms with E-state index in [1.807, 2.05) is 0 Å². The Hall–Kier alpha value is -0.0400. The topological polar surface area (TPSA) is 9.23 Å². The lowest BCUT2D eigenvalue weighted by atomic mass is 9.54. The molecule has 2 unspecified atom stereocenters. The van der Waals surface area contributed by atoms with E-state index in [1.54, 1.807) is 0 Å². The lowest BCUT2D eigenvalue weighted by Gasteiger charge is -2.55. The van der Waals surface area contributed by atoms with Crippen molar-refractivity contribution in [2.45, 2.75) is 65.9 Å². The minimum atomic E-state index is 0.545. The molecule has 2 fully saturated rings.